The second-order valence-corrected chi connectivity index (χ2v) is 11.2. The molecule has 3 heterocycles. The van der Waals surface area contributed by atoms with Gasteiger partial charge < -0.3 is 19.1 Å². The maximum Gasteiger partial charge on any atom is 0.293 e. The van der Waals surface area contributed by atoms with Gasteiger partial charge in [-0.2, -0.15) is 4.31 Å². The van der Waals surface area contributed by atoms with Crippen LogP contribution in [0.4, 0.5) is 4.39 Å². The number of sulfonamides is 1. The van der Waals surface area contributed by atoms with E-state index in [0.717, 1.165) is 18.4 Å². The first kappa shape index (κ1) is 29.1. The highest BCUT2D eigenvalue weighted by molar-refractivity contribution is 7.89. The number of pyridine rings is 1. The second kappa shape index (κ2) is 12.9. The number of ether oxygens (including phenoxy) is 2. The Hall–Kier alpha value is -2.94. The lowest BCUT2D eigenvalue weighted by molar-refractivity contribution is -0.186. The lowest BCUT2D eigenvalue weighted by atomic mass is 10.1. The molecule has 0 spiro atoms. The van der Waals surface area contributed by atoms with Crippen LogP contribution in [0.15, 0.2) is 41.6 Å². The molecule has 1 aromatic carbocycles. The molecule has 212 valence electrons. The second-order valence-electron chi connectivity index (χ2n) is 9.23. The van der Waals surface area contributed by atoms with Gasteiger partial charge in [0.15, 0.2) is 6.29 Å². The number of hydroxylamine groups is 1. The molecule has 4 rings (SSSR count). The summed E-state index contributed by atoms with van der Waals surface area (Å²) in [5.41, 5.74) is 3.73. The number of aromatic nitrogens is 2. The van der Waals surface area contributed by atoms with Crippen LogP contribution in [0.5, 0.6) is 0 Å². The molecule has 1 unspecified atom stereocenters. The Labute approximate surface area is 226 Å². The Bertz CT molecular complexity index is 1390. The van der Waals surface area contributed by atoms with Gasteiger partial charge in [0.05, 0.1) is 18.3 Å². The average Bonchev–Trinajstić information content (AvgIpc) is 3.32. The minimum absolute atomic E-state index is 0.0299. The zero-order valence-electron chi connectivity index (χ0n) is 21.9. The van der Waals surface area contributed by atoms with Gasteiger partial charge in [-0.05, 0) is 42.5 Å². The standard InChI is InChI=1S/C26H33FN4O7S/c1-30(11-14-36-2)39(34,35)22-17-31(16-18-6-8-19(27)9-7-18)21-15-28-25(20(10-12-32)24(21)22)26(33)29-38-23-5-3-4-13-37-23/h6-9,15,17,23,32H,3-5,10-14,16H2,1-2H3,(H,29,33). The van der Waals surface area contributed by atoms with Crippen LogP contribution in [0, 0.1) is 5.82 Å². The number of halogens is 1. The molecular formula is C26H33FN4O7S. The molecule has 0 saturated carbocycles. The molecule has 11 nitrogen and oxygen atoms in total. The Morgan fingerprint density at radius 1 is 1.31 bits per heavy atom. The monoisotopic (exact) mass is 564 g/mol. The molecule has 1 aliphatic heterocycles. The zero-order chi connectivity index (χ0) is 28.0. The van der Waals surface area contributed by atoms with Crippen LogP contribution in [0.25, 0.3) is 10.9 Å². The zero-order valence-corrected chi connectivity index (χ0v) is 22.7. The number of methoxy groups -OCH3 is 1. The molecule has 2 N–H and O–H groups in total. The summed E-state index contributed by atoms with van der Waals surface area (Å²) in [6.07, 6.45) is 4.71. The van der Waals surface area contributed by atoms with Crippen LogP contribution >= 0.6 is 0 Å². The first-order valence-corrected chi connectivity index (χ1v) is 14.1. The maximum absolute atomic E-state index is 13.7. The largest absolute Gasteiger partial charge is 0.396 e. The normalized spacial score (nSPS) is 16.2. The van der Waals surface area contributed by atoms with E-state index in [-0.39, 0.29) is 60.1 Å². The number of hydrogen-bond acceptors (Lipinski definition) is 8. The van der Waals surface area contributed by atoms with Gasteiger partial charge in [0, 0.05) is 58.5 Å². The molecule has 3 aromatic rings. The van der Waals surface area contributed by atoms with Crippen LogP contribution in [-0.2, 0) is 37.3 Å². The van der Waals surface area contributed by atoms with Gasteiger partial charge in [0.2, 0.25) is 10.0 Å². The van der Waals surface area contributed by atoms with Gasteiger partial charge in [-0.15, -0.1) is 0 Å². The van der Waals surface area contributed by atoms with E-state index < -0.39 is 22.2 Å². The number of benzene rings is 1. The number of aliphatic hydroxyl groups excluding tert-OH is 1. The Balaban J connectivity index is 1.80. The highest BCUT2D eigenvalue weighted by Crippen LogP contribution is 2.32. The number of fused-ring (bicyclic) bond motifs is 1. The molecule has 1 saturated heterocycles. The van der Waals surface area contributed by atoms with Gasteiger partial charge in [-0.25, -0.2) is 28.1 Å². The van der Waals surface area contributed by atoms with Gasteiger partial charge >= 0.3 is 0 Å². The van der Waals surface area contributed by atoms with Gasteiger partial charge in [-0.1, -0.05) is 12.1 Å². The molecule has 1 aliphatic rings. The summed E-state index contributed by atoms with van der Waals surface area (Å²) >= 11 is 0. The van der Waals surface area contributed by atoms with E-state index in [9.17, 15) is 22.7 Å². The minimum Gasteiger partial charge on any atom is -0.396 e. The Morgan fingerprint density at radius 3 is 2.74 bits per heavy atom. The number of carbonyl (C=O) groups excluding carboxylic acids is 1. The lowest BCUT2D eigenvalue weighted by Gasteiger charge is -2.22. The van der Waals surface area contributed by atoms with Crippen molar-refractivity contribution in [3.8, 4) is 0 Å². The summed E-state index contributed by atoms with van der Waals surface area (Å²) in [5.74, 6) is -1.07. The molecule has 0 bridgehead atoms. The lowest BCUT2D eigenvalue weighted by Crippen LogP contribution is -2.34. The molecule has 0 aliphatic carbocycles. The number of aliphatic hydroxyl groups is 1. The minimum atomic E-state index is -4.05. The van der Waals surface area contributed by atoms with Crippen molar-refractivity contribution in [3.63, 3.8) is 0 Å². The highest BCUT2D eigenvalue weighted by Gasteiger charge is 2.30. The smallest absolute Gasteiger partial charge is 0.293 e. The highest BCUT2D eigenvalue weighted by atomic mass is 32.2. The van der Waals surface area contributed by atoms with Crippen molar-refractivity contribution in [2.75, 3.05) is 40.5 Å². The van der Waals surface area contributed by atoms with E-state index in [2.05, 4.69) is 10.5 Å². The van der Waals surface area contributed by atoms with Crippen molar-refractivity contribution < 1.29 is 37.0 Å². The number of amides is 1. The van der Waals surface area contributed by atoms with E-state index in [4.69, 9.17) is 14.3 Å². The maximum atomic E-state index is 13.7. The molecule has 39 heavy (non-hydrogen) atoms. The first-order valence-electron chi connectivity index (χ1n) is 12.6. The predicted molar refractivity (Wildman–Crippen MR) is 140 cm³/mol. The SMILES string of the molecule is COCCN(C)S(=O)(=O)c1cn(Cc2ccc(F)cc2)c2cnc(C(=O)NOC3CCCCO3)c(CCO)c12. The average molecular weight is 565 g/mol. The predicted octanol–water partition coefficient (Wildman–Crippen LogP) is 2.21. The number of rotatable bonds is 12. The van der Waals surface area contributed by atoms with Crippen molar-refractivity contribution >= 4 is 26.8 Å². The quantitative estimate of drug-likeness (QED) is 0.320. The van der Waals surface area contributed by atoms with Crippen LogP contribution in [-0.4, -0.2) is 80.1 Å². The third kappa shape index (κ3) is 6.62. The summed E-state index contributed by atoms with van der Waals surface area (Å²) in [4.78, 5) is 22.9. The van der Waals surface area contributed by atoms with E-state index in [0.29, 0.717) is 18.5 Å². The van der Waals surface area contributed by atoms with Crippen LogP contribution in [0.2, 0.25) is 0 Å². The number of carbonyl (C=O) groups is 1. The summed E-state index contributed by atoms with van der Waals surface area (Å²) in [7, 11) is -1.13. The van der Waals surface area contributed by atoms with Crippen molar-refractivity contribution in [2.45, 2.75) is 43.4 Å². The summed E-state index contributed by atoms with van der Waals surface area (Å²) in [5, 5.41) is 10.1. The van der Waals surface area contributed by atoms with Crippen molar-refractivity contribution in [1.82, 2.24) is 19.3 Å². The summed E-state index contributed by atoms with van der Waals surface area (Å²) in [6.45, 7) is 0.688. The molecule has 2 aromatic heterocycles. The molecule has 13 heteroatoms. The molecular weight excluding hydrogens is 531 g/mol. The summed E-state index contributed by atoms with van der Waals surface area (Å²) in [6, 6.07) is 5.86. The van der Waals surface area contributed by atoms with Gasteiger partial charge in [0.25, 0.3) is 5.91 Å². The van der Waals surface area contributed by atoms with Gasteiger partial charge in [-0.3, -0.25) is 4.79 Å². The van der Waals surface area contributed by atoms with Crippen molar-refractivity contribution in [2.24, 2.45) is 0 Å². The Kier molecular flexibility index (Phi) is 9.64. The first-order chi connectivity index (χ1) is 18.8. The van der Waals surface area contributed by atoms with Crippen LogP contribution < -0.4 is 5.48 Å². The number of likely N-dealkylation sites (N-methyl/N-ethyl adjacent to an activating group) is 1. The van der Waals surface area contributed by atoms with Crippen LogP contribution in [0.3, 0.4) is 0 Å². The van der Waals surface area contributed by atoms with E-state index in [1.54, 1.807) is 16.7 Å². The van der Waals surface area contributed by atoms with E-state index in [1.807, 2.05) is 0 Å². The van der Waals surface area contributed by atoms with Gasteiger partial charge in [0.1, 0.15) is 16.4 Å². The van der Waals surface area contributed by atoms with E-state index >= 15 is 0 Å². The third-order valence-electron chi connectivity index (χ3n) is 6.55. The van der Waals surface area contributed by atoms with Crippen molar-refractivity contribution in [1.29, 1.82) is 0 Å². The number of nitrogens with zero attached hydrogens (tertiary/aromatic N) is 3. The fourth-order valence-electron chi connectivity index (χ4n) is 4.45. The number of nitrogens with one attached hydrogen (secondary N) is 1. The molecule has 1 fully saturated rings. The fraction of sp³-hybridized carbons (Fsp3) is 0.462. The van der Waals surface area contributed by atoms with Crippen LogP contribution in [0.1, 0.15) is 40.9 Å². The summed E-state index contributed by atoms with van der Waals surface area (Å²) < 4.78 is 54.3. The van der Waals surface area contributed by atoms with Crippen molar-refractivity contribution in [3.05, 3.63) is 59.3 Å². The molecule has 1 atom stereocenters. The molecule has 1 amide bonds. The van der Waals surface area contributed by atoms with E-state index in [1.165, 1.54) is 43.0 Å². The third-order valence-corrected chi connectivity index (χ3v) is 8.42. The molecule has 0 radical (unpaired) electrons. The fourth-order valence-corrected chi connectivity index (χ4v) is 5.85. The topological polar surface area (TPSA) is 132 Å². The number of hydrogen-bond donors (Lipinski definition) is 2. The Morgan fingerprint density at radius 2 is 2.08 bits per heavy atom.